The highest BCUT2D eigenvalue weighted by Gasteiger charge is 2.16. The number of aryl methyl sites for hydroxylation is 1. The lowest BCUT2D eigenvalue weighted by molar-refractivity contribution is 0.414. The molecule has 2 heterocycles. The van der Waals surface area contributed by atoms with Crippen molar-refractivity contribution in [3.05, 3.63) is 16.3 Å². The minimum Gasteiger partial charge on any atom is -0.418 e. The Morgan fingerprint density at radius 3 is 2.88 bits per heavy atom. The van der Waals surface area contributed by atoms with Crippen LogP contribution < -0.4 is 5.32 Å². The standard InChI is InChI=1S/C10H14N4OS/c1-4-7(11-3)9-13-14-10(15-9)8-5-16-6(2)12-8/h5,7,11H,4H2,1-3H3. The van der Waals surface area contributed by atoms with Gasteiger partial charge in [0.2, 0.25) is 5.89 Å². The highest BCUT2D eigenvalue weighted by Crippen LogP contribution is 2.23. The van der Waals surface area contributed by atoms with Crippen LogP contribution in [0.15, 0.2) is 9.80 Å². The third kappa shape index (κ3) is 2.12. The summed E-state index contributed by atoms with van der Waals surface area (Å²) >= 11 is 1.57. The van der Waals surface area contributed by atoms with E-state index in [1.807, 2.05) is 19.4 Å². The van der Waals surface area contributed by atoms with Crippen molar-refractivity contribution < 1.29 is 4.42 Å². The molecule has 0 saturated carbocycles. The number of hydrogen-bond acceptors (Lipinski definition) is 6. The number of rotatable bonds is 4. The molecule has 5 nitrogen and oxygen atoms in total. The van der Waals surface area contributed by atoms with Crippen molar-refractivity contribution >= 4 is 11.3 Å². The van der Waals surface area contributed by atoms with Gasteiger partial charge in [0.15, 0.2) is 0 Å². The van der Waals surface area contributed by atoms with E-state index in [0.717, 1.165) is 17.1 Å². The van der Waals surface area contributed by atoms with Gasteiger partial charge in [-0.25, -0.2) is 4.98 Å². The summed E-state index contributed by atoms with van der Waals surface area (Å²) in [4.78, 5) is 4.31. The van der Waals surface area contributed by atoms with E-state index in [1.54, 1.807) is 11.3 Å². The first kappa shape index (κ1) is 11.2. The van der Waals surface area contributed by atoms with Gasteiger partial charge in [0, 0.05) is 5.38 Å². The first-order valence-corrected chi connectivity index (χ1v) is 6.05. The van der Waals surface area contributed by atoms with Crippen molar-refractivity contribution in [1.29, 1.82) is 0 Å². The molecule has 0 aliphatic heterocycles. The minimum absolute atomic E-state index is 0.112. The van der Waals surface area contributed by atoms with E-state index in [0.29, 0.717) is 11.8 Å². The Morgan fingerprint density at radius 1 is 1.50 bits per heavy atom. The molecule has 0 spiro atoms. The maximum absolute atomic E-state index is 5.59. The lowest BCUT2D eigenvalue weighted by atomic mass is 10.2. The van der Waals surface area contributed by atoms with Crippen LogP contribution in [0, 0.1) is 6.92 Å². The van der Waals surface area contributed by atoms with Gasteiger partial charge in [0.05, 0.1) is 11.0 Å². The first-order valence-electron chi connectivity index (χ1n) is 5.17. The Morgan fingerprint density at radius 2 is 2.31 bits per heavy atom. The van der Waals surface area contributed by atoms with Crippen molar-refractivity contribution in [2.45, 2.75) is 26.3 Å². The molecule has 6 heteroatoms. The maximum atomic E-state index is 5.59. The summed E-state index contributed by atoms with van der Waals surface area (Å²) in [5.41, 5.74) is 0.757. The molecule has 0 bridgehead atoms. The molecule has 16 heavy (non-hydrogen) atoms. The van der Waals surface area contributed by atoms with Crippen LogP contribution in [-0.2, 0) is 0 Å². The van der Waals surface area contributed by atoms with Crippen molar-refractivity contribution in [1.82, 2.24) is 20.5 Å². The topological polar surface area (TPSA) is 63.8 Å². The number of hydrogen-bond donors (Lipinski definition) is 1. The molecule has 1 atom stereocenters. The van der Waals surface area contributed by atoms with Gasteiger partial charge in [-0.3, -0.25) is 0 Å². The number of aromatic nitrogens is 3. The summed E-state index contributed by atoms with van der Waals surface area (Å²) in [5, 5.41) is 14.1. The van der Waals surface area contributed by atoms with Gasteiger partial charge in [-0.1, -0.05) is 6.92 Å². The molecular weight excluding hydrogens is 224 g/mol. The van der Waals surface area contributed by atoms with E-state index >= 15 is 0 Å². The van der Waals surface area contributed by atoms with E-state index in [2.05, 4.69) is 27.4 Å². The molecule has 0 fully saturated rings. The molecule has 0 amide bonds. The first-order chi connectivity index (χ1) is 7.74. The Hall–Kier alpha value is -1.27. The van der Waals surface area contributed by atoms with Gasteiger partial charge in [-0.15, -0.1) is 21.5 Å². The Labute approximate surface area is 97.9 Å². The zero-order valence-corrected chi connectivity index (χ0v) is 10.3. The van der Waals surface area contributed by atoms with Crippen molar-refractivity contribution in [3.63, 3.8) is 0 Å². The summed E-state index contributed by atoms with van der Waals surface area (Å²) in [6.45, 7) is 4.02. The third-order valence-electron chi connectivity index (χ3n) is 2.33. The van der Waals surface area contributed by atoms with E-state index < -0.39 is 0 Å². The highest BCUT2D eigenvalue weighted by molar-refractivity contribution is 7.09. The van der Waals surface area contributed by atoms with Crippen LogP contribution in [0.3, 0.4) is 0 Å². The Balaban J connectivity index is 2.25. The molecular formula is C10H14N4OS. The summed E-state index contributed by atoms with van der Waals surface area (Å²) in [5.74, 6) is 1.11. The molecule has 2 aromatic heterocycles. The Bertz CT molecular complexity index is 461. The SMILES string of the molecule is CCC(NC)c1nnc(-c2csc(C)n2)o1. The van der Waals surface area contributed by atoms with Crippen LogP contribution in [0.5, 0.6) is 0 Å². The Kier molecular flexibility index (Phi) is 3.31. The zero-order valence-electron chi connectivity index (χ0n) is 9.52. The monoisotopic (exact) mass is 238 g/mol. The quantitative estimate of drug-likeness (QED) is 0.884. The van der Waals surface area contributed by atoms with Crippen LogP contribution in [0.25, 0.3) is 11.6 Å². The average Bonchev–Trinajstić information content (AvgIpc) is 2.89. The molecule has 0 radical (unpaired) electrons. The van der Waals surface area contributed by atoms with E-state index in [1.165, 1.54) is 0 Å². The predicted octanol–water partition coefficient (Wildman–Crippen LogP) is 2.17. The number of thiazole rings is 1. The van der Waals surface area contributed by atoms with Gasteiger partial charge >= 0.3 is 0 Å². The smallest absolute Gasteiger partial charge is 0.267 e. The second-order valence-electron chi connectivity index (χ2n) is 3.45. The predicted molar refractivity (Wildman–Crippen MR) is 62.2 cm³/mol. The molecule has 0 saturated heterocycles. The molecule has 1 N–H and O–H groups in total. The van der Waals surface area contributed by atoms with Crippen molar-refractivity contribution in [2.24, 2.45) is 0 Å². The third-order valence-corrected chi connectivity index (χ3v) is 3.11. The lowest BCUT2D eigenvalue weighted by Crippen LogP contribution is -2.15. The lowest BCUT2D eigenvalue weighted by Gasteiger charge is -2.06. The fourth-order valence-corrected chi connectivity index (χ4v) is 2.03. The van der Waals surface area contributed by atoms with Gasteiger partial charge in [0.25, 0.3) is 5.89 Å². The van der Waals surface area contributed by atoms with Gasteiger partial charge in [-0.05, 0) is 20.4 Å². The summed E-state index contributed by atoms with van der Waals surface area (Å²) in [7, 11) is 1.88. The van der Waals surface area contributed by atoms with E-state index in [9.17, 15) is 0 Å². The van der Waals surface area contributed by atoms with Crippen LogP contribution in [0.4, 0.5) is 0 Å². The highest BCUT2D eigenvalue weighted by atomic mass is 32.1. The summed E-state index contributed by atoms with van der Waals surface area (Å²) < 4.78 is 5.59. The van der Waals surface area contributed by atoms with Gasteiger partial charge in [0.1, 0.15) is 5.69 Å². The van der Waals surface area contributed by atoms with Crippen LogP contribution in [-0.4, -0.2) is 22.2 Å². The largest absolute Gasteiger partial charge is 0.418 e. The maximum Gasteiger partial charge on any atom is 0.267 e. The number of nitrogens with zero attached hydrogens (tertiary/aromatic N) is 3. The molecule has 0 aliphatic carbocycles. The molecule has 0 aliphatic rings. The van der Waals surface area contributed by atoms with Crippen molar-refractivity contribution in [3.8, 4) is 11.6 Å². The second kappa shape index (κ2) is 4.71. The average molecular weight is 238 g/mol. The normalized spacial score (nSPS) is 12.9. The molecule has 0 aromatic carbocycles. The molecule has 1 unspecified atom stereocenters. The summed E-state index contributed by atoms with van der Waals surface area (Å²) in [6.07, 6.45) is 0.911. The number of nitrogens with one attached hydrogen (secondary N) is 1. The van der Waals surface area contributed by atoms with Gasteiger partial charge in [-0.2, -0.15) is 0 Å². The fourth-order valence-electron chi connectivity index (χ4n) is 1.44. The zero-order chi connectivity index (χ0) is 11.5. The van der Waals surface area contributed by atoms with Crippen LogP contribution in [0.1, 0.15) is 30.3 Å². The summed E-state index contributed by atoms with van der Waals surface area (Å²) in [6, 6.07) is 0.112. The second-order valence-corrected chi connectivity index (χ2v) is 4.51. The molecule has 2 aromatic rings. The minimum atomic E-state index is 0.112. The van der Waals surface area contributed by atoms with Crippen LogP contribution in [0.2, 0.25) is 0 Å². The fraction of sp³-hybridized carbons (Fsp3) is 0.500. The molecule has 86 valence electrons. The van der Waals surface area contributed by atoms with E-state index in [-0.39, 0.29) is 6.04 Å². The van der Waals surface area contributed by atoms with Gasteiger partial charge < -0.3 is 9.73 Å². The van der Waals surface area contributed by atoms with Crippen molar-refractivity contribution in [2.75, 3.05) is 7.05 Å². The van der Waals surface area contributed by atoms with Crippen LogP contribution >= 0.6 is 11.3 Å². The van der Waals surface area contributed by atoms with E-state index in [4.69, 9.17) is 4.42 Å². The molecule has 2 rings (SSSR count).